The zero-order valence-corrected chi connectivity index (χ0v) is 13.8. The molecule has 0 saturated carbocycles. The first-order valence-electron chi connectivity index (χ1n) is 8.52. The average Bonchev–Trinajstić information content (AvgIpc) is 3.15. The lowest BCUT2D eigenvalue weighted by atomic mass is 9.78. The number of hydrogen-bond acceptors (Lipinski definition) is 4. The Morgan fingerprint density at radius 2 is 2.09 bits per heavy atom. The van der Waals surface area contributed by atoms with Gasteiger partial charge in [-0.05, 0) is 36.2 Å². The number of hydrogen-bond donors (Lipinski definition) is 2. The summed E-state index contributed by atoms with van der Waals surface area (Å²) in [6.07, 6.45) is 5.29. The second-order valence-electron chi connectivity index (χ2n) is 7.30. The fourth-order valence-corrected chi connectivity index (χ4v) is 3.89. The topological polar surface area (TPSA) is 74.0 Å². The highest BCUT2D eigenvalue weighted by atomic mass is 16.5. The van der Waals surface area contributed by atoms with Crippen molar-refractivity contribution in [1.82, 2.24) is 15.0 Å². The van der Waals surface area contributed by atoms with Gasteiger partial charge in [0.15, 0.2) is 0 Å². The number of nitrogens with zero attached hydrogens (tertiary/aromatic N) is 2. The number of H-pyrrole nitrogens is 2. The van der Waals surface area contributed by atoms with Gasteiger partial charge in [0.1, 0.15) is 5.65 Å². The van der Waals surface area contributed by atoms with Gasteiger partial charge in [-0.15, -0.1) is 0 Å². The van der Waals surface area contributed by atoms with Crippen LogP contribution < -0.4 is 10.5 Å². The zero-order chi connectivity index (χ0) is 16.0. The highest BCUT2D eigenvalue weighted by Crippen LogP contribution is 2.39. The normalized spacial score (nSPS) is 20.9. The van der Waals surface area contributed by atoms with E-state index in [4.69, 9.17) is 4.74 Å². The molecule has 4 rings (SSSR count). The van der Waals surface area contributed by atoms with Crippen molar-refractivity contribution in [2.75, 3.05) is 31.2 Å². The van der Waals surface area contributed by atoms with Crippen molar-refractivity contribution in [2.45, 2.75) is 39.0 Å². The van der Waals surface area contributed by atoms with Gasteiger partial charge in [-0.3, -0.25) is 9.78 Å². The number of anilines is 1. The van der Waals surface area contributed by atoms with Gasteiger partial charge in [-0.25, -0.2) is 0 Å². The molecule has 0 aromatic carbocycles. The summed E-state index contributed by atoms with van der Waals surface area (Å²) in [5.41, 5.74) is 2.04. The molecule has 2 saturated heterocycles. The van der Waals surface area contributed by atoms with E-state index in [0.29, 0.717) is 28.3 Å². The molecule has 2 aromatic heterocycles. The van der Waals surface area contributed by atoms with E-state index in [1.54, 1.807) is 0 Å². The fourth-order valence-electron chi connectivity index (χ4n) is 3.89. The van der Waals surface area contributed by atoms with E-state index in [9.17, 15) is 4.79 Å². The third-order valence-electron chi connectivity index (χ3n) is 5.49. The molecule has 0 amide bonds. The summed E-state index contributed by atoms with van der Waals surface area (Å²) in [4.78, 5) is 25.5. The van der Waals surface area contributed by atoms with Crippen LogP contribution in [0.2, 0.25) is 0 Å². The molecule has 6 heteroatoms. The number of piperidine rings is 1. The molecule has 0 aliphatic carbocycles. The van der Waals surface area contributed by atoms with E-state index < -0.39 is 0 Å². The van der Waals surface area contributed by atoms with Crippen LogP contribution in [0.1, 0.15) is 44.6 Å². The van der Waals surface area contributed by atoms with Crippen LogP contribution >= 0.6 is 0 Å². The zero-order valence-electron chi connectivity index (χ0n) is 13.8. The van der Waals surface area contributed by atoms with Crippen LogP contribution in [0.15, 0.2) is 11.0 Å². The SMILES string of the molecule is CC(C)c1c[nH]c2nc(N3CCC4(CCOC4)CC3)[nH]c(=O)c12. The van der Waals surface area contributed by atoms with Crippen LogP contribution in [-0.4, -0.2) is 41.3 Å². The summed E-state index contributed by atoms with van der Waals surface area (Å²) in [7, 11) is 0. The Bertz CT molecular complexity index is 760. The highest BCUT2D eigenvalue weighted by Gasteiger charge is 2.38. The van der Waals surface area contributed by atoms with Crippen LogP contribution in [-0.2, 0) is 4.74 Å². The van der Waals surface area contributed by atoms with Crippen molar-refractivity contribution in [1.29, 1.82) is 0 Å². The minimum Gasteiger partial charge on any atom is -0.381 e. The van der Waals surface area contributed by atoms with E-state index in [2.05, 4.69) is 33.7 Å². The molecule has 2 N–H and O–H groups in total. The lowest BCUT2D eigenvalue weighted by Crippen LogP contribution is -2.41. The Morgan fingerprint density at radius 3 is 2.74 bits per heavy atom. The molecule has 2 aliphatic rings. The molecule has 6 nitrogen and oxygen atoms in total. The maximum absolute atomic E-state index is 12.5. The molecule has 1 spiro atoms. The predicted octanol–water partition coefficient (Wildman–Crippen LogP) is 2.38. The molecular weight excluding hydrogens is 292 g/mol. The maximum Gasteiger partial charge on any atom is 0.262 e. The van der Waals surface area contributed by atoms with E-state index in [1.165, 1.54) is 0 Å². The van der Waals surface area contributed by atoms with Crippen LogP contribution in [0.3, 0.4) is 0 Å². The van der Waals surface area contributed by atoms with Crippen LogP contribution in [0, 0.1) is 5.41 Å². The highest BCUT2D eigenvalue weighted by molar-refractivity contribution is 5.80. The molecule has 0 unspecified atom stereocenters. The van der Waals surface area contributed by atoms with Gasteiger partial charge in [0.05, 0.1) is 12.0 Å². The second kappa shape index (κ2) is 5.37. The van der Waals surface area contributed by atoms with Crippen molar-refractivity contribution < 1.29 is 4.74 Å². The summed E-state index contributed by atoms with van der Waals surface area (Å²) in [6.45, 7) is 7.80. The molecule has 23 heavy (non-hydrogen) atoms. The molecular formula is C17H24N4O2. The van der Waals surface area contributed by atoms with Gasteiger partial charge >= 0.3 is 0 Å². The minimum absolute atomic E-state index is 0.0422. The van der Waals surface area contributed by atoms with Gasteiger partial charge in [0.2, 0.25) is 5.95 Å². The smallest absolute Gasteiger partial charge is 0.262 e. The van der Waals surface area contributed by atoms with Gasteiger partial charge in [0, 0.05) is 25.9 Å². The lowest BCUT2D eigenvalue weighted by Gasteiger charge is -2.38. The molecule has 0 radical (unpaired) electrons. The fraction of sp³-hybridized carbons (Fsp3) is 0.647. The summed E-state index contributed by atoms with van der Waals surface area (Å²) in [5.74, 6) is 0.989. The first kappa shape index (κ1) is 14.8. The Kier molecular flexibility index (Phi) is 3.44. The second-order valence-corrected chi connectivity index (χ2v) is 7.30. The number of aromatic amines is 2. The molecule has 0 bridgehead atoms. The van der Waals surface area contributed by atoms with E-state index in [0.717, 1.165) is 51.1 Å². The quantitative estimate of drug-likeness (QED) is 0.892. The standard InChI is InChI=1S/C17H24N4O2/c1-11(2)12-9-18-14-13(12)15(22)20-16(19-14)21-6-3-17(4-7-21)5-8-23-10-17/h9,11H,3-8,10H2,1-2H3,(H2,18,19,20,22). The molecule has 4 heterocycles. The molecule has 0 atom stereocenters. The van der Waals surface area contributed by atoms with Crippen molar-refractivity contribution in [3.8, 4) is 0 Å². The Balaban J connectivity index is 1.62. The maximum atomic E-state index is 12.5. The first-order chi connectivity index (χ1) is 11.1. The molecule has 2 aromatic rings. The summed E-state index contributed by atoms with van der Waals surface area (Å²) < 4.78 is 5.58. The number of aromatic nitrogens is 3. The van der Waals surface area contributed by atoms with Crippen LogP contribution in [0.4, 0.5) is 5.95 Å². The first-order valence-corrected chi connectivity index (χ1v) is 8.52. The number of nitrogens with one attached hydrogen (secondary N) is 2. The number of fused-ring (bicyclic) bond motifs is 1. The summed E-state index contributed by atoms with van der Waals surface area (Å²) in [6, 6.07) is 0. The number of ether oxygens (including phenoxy) is 1. The van der Waals surface area contributed by atoms with E-state index in [-0.39, 0.29) is 5.56 Å². The largest absolute Gasteiger partial charge is 0.381 e. The van der Waals surface area contributed by atoms with E-state index in [1.807, 2.05) is 6.20 Å². The average molecular weight is 316 g/mol. The summed E-state index contributed by atoms with van der Waals surface area (Å²) in [5, 5.41) is 0.696. The van der Waals surface area contributed by atoms with Crippen LogP contribution in [0.25, 0.3) is 11.0 Å². The van der Waals surface area contributed by atoms with Gasteiger partial charge in [-0.2, -0.15) is 4.98 Å². The van der Waals surface area contributed by atoms with E-state index >= 15 is 0 Å². The van der Waals surface area contributed by atoms with Crippen molar-refractivity contribution in [2.24, 2.45) is 5.41 Å². The third kappa shape index (κ3) is 2.45. The number of rotatable bonds is 2. The summed E-state index contributed by atoms with van der Waals surface area (Å²) >= 11 is 0. The Labute approximate surface area is 135 Å². The molecule has 2 aliphatic heterocycles. The minimum atomic E-state index is -0.0422. The van der Waals surface area contributed by atoms with Gasteiger partial charge in [-0.1, -0.05) is 13.8 Å². The molecule has 124 valence electrons. The third-order valence-corrected chi connectivity index (χ3v) is 5.49. The van der Waals surface area contributed by atoms with Gasteiger partial charge in [0.25, 0.3) is 5.56 Å². The van der Waals surface area contributed by atoms with Crippen molar-refractivity contribution >= 4 is 17.0 Å². The van der Waals surface area contributed by atoms with Gasteiger partial charge < -0.3 is 14.6 Å². The predicted molar refractivity (Wildman–Crippen MR) is 90.1 cm³/mol. The lowest BCUT2D eigenvalue weighted by molar-refractivity contribution is 0.133. The monoisotopic (exact) mass is 316 g/mol. The Morgan fingerprint density at radius 1 is 1.30 bits per heavy atom. The Hall–Kier alpha value is -1.82. The van der Waals surface area contributed by atoms with Crippen molar-refractivity contribution in [3.05, 3.63) is 22.1 Å². The van der Waals surface area contributed by atoms with Crippen LogP contribution in [0.5, 0.6) is 0 Å². The van der Waals surface area contributed by atoms with Crippen molar-refractivity contribution in [3.63, 3.8) is 0 Å². The molecule has 2 fully saturated rings.